The molecule has 0 unspecified atom stereocenters. The van der Waals surface area contributed by atoms with Crippen LogP contribution in [0.25, 0.3) is 0 Å². The van der Waals surface area contributed by atoms with Gasteiger partial charge in [0.05, 0.1) is 10.5 Å². The van der Waals surface area contributed by atoms with E-state index in [0.717, 1.165) is 0 Å². The number of nitrogens with one attached hydrogen (secondary N) is 1. The maximum atomic E-state index is 11.9. The van der Waals surface area contributed by atoms with Crippen LogP contribution in [0.3, 0.4) is 0 Å². The number of nitrogens with zero attached hydrogens (tertiary/aromatic N) is 2. The molecule has 0 aliphatic rings. The van der Waals surface area contributed by atoms with Crippen molar-refractivity contribution >= 4 is 21.6 Å². The molecule has 0 fully saturated rings. The van der Waals surface area contributed by atoms with Crippen LogP contribution in [0.2, 0.25) is 0 Å². The van der Waals surface area contributed by atoms with Gasteiger partial charge in [0.15, 0.2) is 0 Å². The van der Waals surface area contributed by atoms with Crippen LogP contribution >= 0.6 is 0 Å². The maximum Gasteiger partial charge on any atom is 0.258 e. The van der Waals surface area contributed by atoms with E-state index in [9.17, 15) is 13.2 Å². The molecule has 2 aromatic rings. The Hall–Kier alpha value is -2.32. The molecule has 20 heavy (non-hydrogen) atoms. The van der Waals surface area contributed by atoms with Crippen LogP contribution < -0.4 is 10.5 Å². The highest BCUT2D eigenvalue weighted by atomic mass is 32.2. The van der Waals surface area contributed by atoms with Gasteiger partial charge >= 0.3 is 0 Å². The quantitative estimate of drug-likeness (QED) is 0.863. The summed E-state index contributed by atoms with van der Waals surface area (Å²) < 4.78 is 22.6. The zero-order valence-electron chi connectivity index (χ0n) is 10.6. The fourth-order valence-electron chi connectivity index (χ4n) is 1.67. The molecular formula is C12H12N4O3S. The Morgan fingerprint density at radius 3 is 2.45 bits per heavy atom. The molecule has 1 aromatic heterocycles. The smallest absolute Gasteiger partial charge is 0.258 e. The number of primary sulfonamides is 1. The molecule has 0 aliphatic carbocycles. The molecule has 2 rings (SSSR count). The van der Waals surface area contributed by atoms with Crippen molar-refractivity contribution in [2.75, 3.05) is 5.32 Å². The standard InChI is InChI=1S/C12H12N4O3S/c1-8-4-10(2-3-11(8)20(13,18)19)16-12(17)9-5-14-7-15-6-9/h2-7H,1H3,(H,16,17)(H2,13,18,19). The fraction of sp³-hybridized carbons (Fsp3) is 0.0833. The number of anilines is 1. The van der Waals surface area contributed by atoms with Crippen molar-refractivity contribution in [1.29, 1.82) is 0 Å². The summed E-state index contributed by atoms with van der Waals surface area (Å²) in [6.07, 6.45) is 4.09. The zero-order valence-corrected chi connectivity index (χ0v) is 11.4. The summed E-state index contributed by atoms with van der Waals surface area (Å²) in [5.74, 6) is -0.381. The van der Waals surface area contributed by atoms with Gasteiger partial charge in [-0.3, -0.25) is 4.79 Å². The molecule has 7 nitrogen and oxygen atoms in total. The molecule has 3 N–H and O–H groups in total. The van der Waals surface area contributed by atoms with Crippen LogP contribution in [-0.4, -0.2) is 24.3 Å². The molecule has 0 aliphatic heterocycles. The predicted octanol–water partition coefficient (Wildman–Crippen LogP) is 0.685. The number of hydrogen-bond acceptors (Lipinski definition) is 5. The van der Waals surface area contributed by atoms with E-state index < -0.39 is 10.0 Å². The lowest BCUT2D eigenvalue weighted by molar-refractivity contribution is 0.102. The van der Waals surface area contributed by atoms with Gasteiger partial charge in [0, 0.05) is 18.1 Å². The molecule has 0 saturated heterocycles. The number of rotatable bonds is 3. The summed E-state index contributed by atoms with van der Waals surface area (Å²) >= 11 is 0. The maximum absolute atomic E-state index is 11.9. The fourth-order valence-corrected chi connectivity index (χ4v) is 2.43. The van der Waals surface area contributed by atoms with E-state index >= 15 is 0 Å². The molecule has 0 atom stereocenters. The second-order valence-electron chi connectivity index (χ2n) is 4.11. The van der Waals surface area contributed by atoms with E-state index in [4.69, 9.17) is 5.14 Å². The number of aromatic nitrogens is 2. The summed E-state index contributed by atoms with van der Waals surface area (Å²) in [5.41, 5.74) is 1.22. The summed E-state index contributed by atoms with van der Waals surface area (Å²) in [7, 11) is -3.76. The van der Waals surface area contributed by atoms with Crippen molar-refractivity contribution in [3.8, 4) is 0 Å². The normalized spacial score (nSPS) is 11.1. The lowest BCUT2D eigenvalue weighted by Crippen LogP contribution is -2.15. The van der Waals surface area contributed by atoms with Crippen molar-refractivity contribution in [3.63, 3.8) is 0 Å². The van der Waals surface area contributed by atoms with E-state index in [-0.39, 0.29) is 10.8 Å². The average Bonchev–Trinajstić information content (AvgIpc) is 2.38. The first-order valence-corrected chi connectivity index (χ1v) is 7.12. The van der Waals surface area contributed by atoms with Crippen LogP contribution in [0.15, 0.2) is 41.8 Å². The molecule has 1 aromatic carbocycles. The largest absolute Gasteiger partial charge is 0.322 e. The molecular weight excluding hydrogens is 280 g/mol. The molecule has 1 heterocycles. The van der Waals surface area contributed by atoms with E-state index in [1.165, 1.54) is 36.9 Å². The molecule has 0 saturated carbocycles. The van der Waals surface area contributed by atoms with Crippen LogP contribution in [-0.2, 0) is 10.0 Å². The van der Waals surface area contributed by atoms with Crippen molar-refractivity contribution in [1.82, 2.24) is 9.97 Å². The van der Waals surface area contributed by atoms with Gasteiger partial charge < -0.3 is 5.32 Å². The van der Waals surface area contributed by atoms with Crippen molar-refractivity contribution in [2.24, 2.45) is 5.14 Å². The first-order chi connectivity index (χ1) is 9.38. The van der Waals surface area contributed by atoms with Gasteiger partial charge in [-0.1, -0.05) is 0 Å². The number of nitrogens with two attached hydrogens (primary N) is 1. The summed E-state index contributed by atoms with van der Waals surface area (Å²) in [6, 6.07) is 4.34. The molecule has 1 amide bonds. The highest BCUT2D eigenvalue weighted by Gasteiger charge is 2.13. The minimum atomic E-state index is -3.76. The van der Waals surface area contributed by atoms with Crippen LogP contribution in [0.1, 0.15) is 15.9 Å². The predicted molar refractivity (Wildman–Crippen MR) is 72.5 cm³/mol. The third-order valence-electron chi connectivity index (χ3n) is 2.56. The van der Waals surface area contributed by atoms with Gasteiger partial charge in [0.2, 0.25) is 10.0 Å². The molecule has 104 valence electrons. The van der Waals surface area contributed by atoms with E-state index in [1.54, 1.807) is 6.92 Å². The zero-order chi connectivity index (χ0) is 14.8. The molecule has 8 heteroatoms. The van der Waals surface area contributed by atoms with Gasteiger partial charge in [0.1, 0.15) is 6.33 Å². The van der Waals surface area contributed by atoms with Crippen molar-refractivity contribution in [3.05, 3.63) is 48.0 Å². The second kappa shape index (κ2) is 5.35. The first-order valence-electron chi connectivity index (χ1n) is 5.58. The Labute approximate surface area is 115 Å². The van der Waals surface area contributed by atoms with Crippen LogP contribution in [0, 0.1) is 6.92 Å². The molecule has 0 bridgehead atoms. The number of hydrogen-bond donors (Lipinski definition) is 2. The van der Waals surface area contributed by atoms with Crippen LogP contribution in [0.5, 0.6) is 0 Å². The van der Waals surface area contributed by atoms with Crippen molar-refractivity contribution < 1.29 is 13.2 Å². The number of amides is 1. The first kappa shape index (κ1) is 14.1. The molecule has 0 spiro atoms. The SMILES string of the molecule is Cc1cc(NC(=O)c2cncnc2)ccc1S(N)(=O)=O. The number of carbonyl (C=O) groups excluding carboxylic acids is 1. The lowest BCUT2D eigenvalue weighted by Gasteiger charge is -2.08. The minimum absolute atomic E-state index is 0.0264. The Kier molecular flexibility index (Phi) is 3.77. The lowest BCUT2D eigenvalue weighted by atomic mass is 10.2. The third kappa shape index (κ3) is 3.16. The van der Waals surface area contributed by atoms with E-state index in [2.05, 4.69) is 15.3 Å². The van der Waals surface area contributed by atoms with Gasteiger partial charge in [-0.15, -0.1) is 0 Å². The van der Waals surface area contributed by atoms with Gasteiger partial charge in [-0.05, 0) is 30.7 Å². The number of carbonyl (C=O) groups is 1. The highest BCUT2D eigenvalue weighted by Crippen LogP contribution is 2.18. The number of sulfonamides is 1. The summed E-state index contributed by atoms with van der Waals surface area (Å²) in [4.78, 5) is 19.4. The second-order valence-corrected chi connectivity index (χ2v) is 5.64. The Bertz CT molecular complexity index is 745. The minimum Gasteiger partial charge on any atom is -0.322 e. The van der Waals surface area contributed by atoms with Gasteiger partial charge in [0.25, 0.3) is 5.91 Å². The number of benzene rings is 1. The Morgan fingerprint density at radius 1 is 1.25 bits per heavy atom. The Balaban J connectivity index is 2.24. The van der Waals surface area contributed by atoms with E-state index in [1.807, 2.05) is 0 Å². The number of aryl methyl sites for hydroxylation is 1. The third-order valence-corrected chi connectivity index (χ3v) is 3.63. The monoisotopic (exact) mass is 292 g/mol. The molecule has 0 radical (unpaired) electrons. The summed E-state index contributed by atoms with van der Waals surface area (Å²) in [6.45, 7) is 1.60. The topological polar surface area (TPSA) is 115 Å². The summed E-state index contributed by atoms with van der Waals surface area (Å²) in [5, 5.41) is 7.69. The van der Waals surface area contributed by atoms with E-state index in [0.29, 0.717) is 16.8 Å². The van der Waals surface area contributed by atoms with Crippen molar-refractivity contribution in [2.45, 2.75) is 11.8 Å². The van der Waals surface area contributed by atoms with Gasteiger partial charge in [-0.25, -0.2) is 23.5 Å². The van der Waals surface area contributed by atoms with Gasteiger partial charge in [-0.2, -0.15) is 0 Å². The highest BCUT2D eigenvalue weighted by molar-refractivity contribution is 7.89. The Morgan fingerprint density at radius 2 is 1.90 bits per heavy atom. The average molecular weight is 292 g/mol. The van der Waals surface area contributed by atoms with Crippen LogP contribution in [0.4, 0.5) is 5.69 Å².